The number of carbonyl (C=O) groups is 2. The average molecular weight is 961 g/mol. The molecule has 0 saturated carbocycles. The molecule has 0 aliphatic heterocycles. The first-order valence-electron chi connectivity index (χ1n) is 21.7. The van der Waals surface area contributed by atoms with E-state index in [1.54, 1.807) is 133 Å². The van der Waals surface area contributed by atoms with Crippen LogP contribution in [0.4, 0.5) is 37.7 Å². The Bertz CT molecular complexity index is 3230. The summed E-state index contributed by atoms with van der Waals surface area (Å²) in [6.45, 7) is 0. The van der Waals surface area contributed by atoms with Crippen LogP contribution in [0.1, 0.15) is 76.4 Å². The van der Waals surface area contributed by atoms with Crippen LogP contribution in [0.25, 0.3) is 11.1 Å². The molecule has 4 N–H and O–H groups in total. The largest absolute Gasteiger partial charge is 0.506 e. The molecule has 0 fully saturated rings. The highest BCUT2D eigenvalue weighted by atomic mass is 19.4. The van der Waals surface area contributed by atoms with Crippen LogP contribution < -0.4 is 10.6 Å². The van der Waals surface area contributed by atoms with Crippen LogP contribution >= 0.6 is 0 Å². The van der Waals surface area contributed by atoms with Gasteiger partial charge >= 0.3 is 12.4 Å². The molecule has 12 heteroatoms. The van der Waals surface area contributed by atoms with Crippen molar-refractivity contribution in [1.82, 2.24) is 0 Å². The van der Waals surface area contributed by atoms with Gasteiger partial charge in [0.15, 0.2) is 0 Å². The highest BCUT2D eigenvalue weighted by Crippen LogP contribution is 2.46. The lowest BCUT2D eigenvalue weighted by Gasteiger charge is -2.20. The van der Waals surface area contributed by atoms with Crippen molar-refractivity contribution in [2.75, 3.05) is 10.6 Å². The van der Waals surface area contributed by atoms with Crippen molar-refractivity contribution in [3.05, 3.63) is 249 Å². The molecule has 8 aromatic carbocycles. The third-order valence-electron chi connectivity index (χ3n) is 10.5. The number of carbonyl (C=O) groups excluding carboxylic acids is 2. The number of halogens is 6. The van der Waals surface area contributed by atoms with Crippen molar-refractivity contribution in [2.24, 2.45) is 0 Å². The van der Waals surface area contributed by atoms with Crippen molar-refractivity contribution in [1.29, 1.82) is 0 Å². The van der Waals surface area contributed by atoms with Crippen LogP contribution in [0.15, 0.2) is 182 Å². The Kier molecular flexibility index (Phi) is 14.3. The molecule has 8 rings (SSSR count). The van der Waals surface area contributed by atoms with Gasteiger partial charge in [-0.2, -0.15) is 26.3 Å². The van der Waals surface area contributed by atoms with E-state index in [-0.39, 0.29) is 11.1 Å². The maximum Gasteiger partial charge on any atom is 0.418 e. The Morgan fingerprint density at radius 2 is 0.597 bits per heavy atom. The monoisotopic (exact) mass is 960 g/mol. The Hall–Kier alpha value is -9.88. The molecule has 0 aliphatic rings. The number of anilines is 2. The van der Waals surface area contributed by atoms with Gasteiger partial charge in [0, 0.05) is 55.6 Å². The van der Waals surface area contributed by atoms with Crippen molar-refractivity contribution < 1.29 is 46.1 Å². The maximum absolute atomic E-state index is 14.9. The molecule has 0 aromatic heterocycles. The SMILES string of the molecule is O=C(Nc1c(O)cc(-c2cc(O)c(NC(=O)c3cc(C#Cc4ccccc4)cc(C#Cc4ccccc4)c3)c(C(F)(F)F)c2)cc1C(F)(F)F)c1cc(C#Cc2ccccc2)cc(C#Cc2ccccc2)c1. The van der Waals surface area contributed by atoms with Gasteiger partial charge in [-0.25, -0.2) is 0 Å². The van der Waals surface area contributed by atoms with E-state index in [9.17, 15) is 46.1 Å². The predicted octanol–water partition coefficient (Wildman–Crippen LogP) is 12.9. The Balaban J connectivity index is 1.13. The zero-order chi connectivity index (χ0) is 50.8. The van der Waals surface area contributed by atoms with Gasteiger partial charge in [0.1, 0.15) is 11.5 Å². The van der Waals surface area contributed by atoms with E-state index in [4.69, 9.17) is 0 Å². The van der Waals surface area contributed by atoms with Crippen molar-refractivity contribution in [3.8, 4) is 70.0 Å². The smallest absolute Gasteiger partial charge is 0.418 e. The van der Waals surface area contributed by atoms with Crippen molar-refractivity contribution in [3.63, 3.8) is 0 Å². The molecule has 0 aliphatic carbocycles. The molecule has 0 unspecified atom stereocenters. The average Bonchev–Trinajstić information content (AvgIpc) is 3.37. The normalized spacial score (nSPS) is 10.7. The summed E-state index contributed by atoms with van der Waals surface area (Å²) in [5, 5.41) is 26.5. The number of phenolic OH excluding ortho intramolecular Hbond substituents is 2. The Labute approximate surface area is 409 Å². The minimum Gasteiger partial charge on any atom is -0.506 e. The van der Waals surface area contributed by atoms with Crippen molar-refractivity contribution in [2.45, 2.75) is 12.4 Å². The van der Waals surface area contributed by atoms with Crippen LogP contribution in [0, 0.1) is 47.4 Å². The molecular formula is C60H34F6N2O4. The second kappa shape index (κ2) is 21.2. The molecule has 72 heavy (non-hydrogen) atoms. The van der Waals surface area contributed by atoms with Gasteiger partial charge in [-0.1, -0.05) is 120 Å². The number of hydrogen-bond donors (Lipinski definition) is 4. The minimum absolute atomic E-state index is 0.176. The fraction of sp³-hybridized carbons (Fsp3) is 0.0333. The quantitative estimate of drug-likeness (QED) is 0.0785. The summed E-state index contributed by atoms with van der Waals surface area (Å²) in [7, 11) is 0. The van der Waals surface area contributed by atoms with Crippen LogP contribution in [0.5, 0.6) is 11.5 Å². The lowest BCUT2D eigenvalue weighted by Crippen LogP contribution is -2.18. The molecule has 350 valence electrons. The third-order valence-corrected chi connectivity index (χ3v) is 10.5. The van der Waals surface area contributed by atoms with E-state index in [0.717, 1.165) is 0 Å². The number of nitrogens with one attached hydrogen (secondary N) is 2. The van der Waals surface area contributed by atoms with E-state index in [1.165, 1.54) is 24.3 Å². The first-order valence-corrected chi connectivity index (χ1v) is 21.7. The molecule has 0 saturated heterocycles. The predicted molar refractivity (Wildman–Crippen MR) is 264 cm³/mol. The lowest BCUT2D eigenvalue weighted by atomic mass is 9.97. The van der Waals surface area contributed by atoms with Gasteiger partial charge in [0.2, 0.25) is 0 Å². The van der Waals surface area contributed by atoms with Gasteiger partial charge < -0.3 is 20.8 Å². The highest BCUT2D eigenvalue weighted by molar-refractivity contribution is 6.07. The first kappa shape index (κ1) is 48.6. The zero-order valence-electron chi connectivity index (χ0n) is 37.3. The van der Waals surface area contributed by atoms with Gasteiger partial charge in [0.05, 0.1) is 22.5 Å². The molecule has 0 spiro atoms. The fourth-order valence-corrected chi connectivity index (χ4v) is 7.14. The second-order valence-corrected chi connectivity index (χ2v) is 15.8. The summed E-state index contributed by atoms with van der Waals surface area (Å²) in [5.74, 6) is 19.1. The summed E-state index contributed by atoms with van der Waals surface area (Å²) >= 11 is 0. The van der Waals surface area contributed by atoms with E-state index in [1.807, 2.05) is 0 Å². The Morgan fingerprint density at radius 1 is 0.347 bits per heavy atom. The first-order chi connectivity index (χ1) is 34.6. The Morgan fingerprint density at radius 3 is 0.847 bits per heavy atom. The summed E-state index contributed by atoms with van der Waals surface area (Å²) < 4.78 is 89.3. The fourth-order valence-electron chi connectivity index (χ4n) is 7.14. The number of rotatable bonds is 5. The molecule has 0 radical (unpaired) electrons. The van der Waals surface area contributed by atoms with Crippen molar-refractivity contribution >= 4 is 23.2 Å². The molecule has 8 aromatic rings. The zero-order valence-corrected chi connectivity index (χ0v) is 37.3. The molecule has 0 bridgehead atoms. The highest BCUT2D eigenvalue weighted by Gasteiger charge is 2.38. The van der Waals surface area contributed by atoms with Gasteiger partial charge in [-0.05, 0) is 120 Å². The number of amides is 2. The molecule has 0 atom stereocenters. The van der Waals surface area contributed by atoms with Gasteiger partial charge in [-0.15, -0.1) is 0 Å². The molecular weight excluding hydrogens is 927 g/mol. The summed E-state index contributed by atoms with van der Waals surface area (Å²) in [6.07, 6.45) is -10.6. The number of aromatic hydroxyl groups is 2. The number of phenols is 2. The molecule has 0 heterocycles. The lowest BCUT2D eigenvalue weighted by molar-refractivity contribution is -0.137. The van der Waals surface area contributed by atoms with Crippen LogP contribution in [-0.2, 0) is 12.4 Å². The van der Waals surface area contributed by atoms with E-state index in [2.05, 4.69) is 58.0 Å². The summed E-state index contributed by atoms with van der Waals surface area (Å²) in [4.78, 5) is 27.6. The molecule has 6 nitrogen and oxygen atoms in total. The minimum atomic E-state index is -5.29. The number of benzene rings is 8. The summed E-state index contributed by atoms with van der Waals surface area (Å²) in [5.41, 5.74) is -3.30. The van der Waals surface area contributed by atoms with Crippen LogP contribution in [-0.4, -0.2) is 22.0 Å². The van der Waals surface area contributed by atoms with Gasteiger partial charge in [-0.3, -0.25) is 9.59 Å². The number of alkyl halides is 6. The second-order valence-electron chi connectivity index (χ2n) is 15.8. The van der Waals surface area contributed by atoms with Crippen LogP contribution in [0.3, 0.4) is 0 Å². The molecule has 2 amide bonds. The van der Waals surface area contributed by atoms with Crippen LogP contribution in [0.2, 0.25) is 0 Å². The number of hydrogen-bond acceptors (Lipinski definition) is 4. The van der Waals surface area contributed by atoms with Gasteiger partial charge in [0.25, 0.3) is 11.8 Å². The summed E-state index contributed by atoms with van der Waals surface area (Å²) in [6, 6.07) is 46.2. The van der Waals surface area contributed by atoms with E-state index in [0.29, 0.717) is 68.8 Å². The topological polar surface area (TPSA) is 98.7 Å². The van der Waals surface area contributed by atoms with E-state index >= 15 is 0 Å². The third kappa shape index (κ3) is 12.4. The maximum atomic E-state index is 14.9. The standard InChI is InChI=1S/C60H34F6N2O4/c61-59(62,63)51-35-47(37-53(69)55(51)67-57(71)49-31-43(25-21-39-13-5-1-6-14-39)29-44(32-49)26-22-40-15-7-2-8-16-40)48-36-52(60(64,65)66)56(54(70)38-48)68-58(72)50-33-45(27-23-41-17-9-3-10-18-41)30-46(34-50)28-24-42-19-11-4-12-20-42/h1-20,29-38,69-70H,(H,67,71)(H,68,72). The van der Waals surface area contributed by atoms with E-state index < -0.39 is 69.3 Å².